The Hall–Kier alpha value is -0.870. The molecule has 4 heteroatoms. The zero-order chi connectivity index (χ0) is 11.3. The summed E-state index contributed by atoms with van der Waals surface area (Å²) in [5.41, 5.74) is 7.87. The van der Waals surface area contributed by atoms with Gasteiger partial charge in [-0.1, -0.05) is 6.92 Å². The van der Waals surface area contributed by atoms with Gasteiger partial charge in [-0.25, -0.2) is 0 Å². The van der Waals surface area contributed by atoms with Gasteiger partial charge in [0.25, 0.3) is 0 Å². The van der Waals surface area contributed by atoms with Crippen molar-refractivity contribution in [3.8, 4) is 0 Å². The van der Waals surface area contributed by atoms with Crippen molar-refractivity contribution in [1.82, 2.24) is 14.7 Å². The molecule has 0 radical (unpaired) electrons. The van der Waals surface area contributed by atoms with Crippen molar-refractivity contribution in [1.29, 1.82) is 0 Å². The van der Waals surface area contributed by atoms with E-state index in [1.165, 1.54) is 5.69 Å². The van der Waals surface area contributed by atoms with Crippen molar-refractivity contribution in [3.63, 3.8) is 0 Å². The molecule has 1 heterocycles. The van der Waals surface area contributed by atoms with Crippen LogP contribution in [0.15, 0.2) is 6.07 Å². The van der Waals surface area contributed by atoms with Crippen molar-refractivity contribution in [2.45, 2.75) is 26.8 Å². The Morgan fingerprint density at radius 2 is 2.27 bits per heavy atom. The summed E-state index contributed by atoms with van der Waals surface area (Å²) >= 11 is 0. The Kier molecular flexibility index (Phi) is 4.78. The van der Waals surface area contributed by atoms with Gasteiger partial charge in [-0.3, -0.25) is 9.58 Å². The third-order valence-electron chi connectivity index (χ3n) is 2.61. The first-order valence-electron chi connectivity index (χ1n) is 5.59. The molecule has 0 fully saturated rings. The number of nitrogens with zero attached hydrogens (tertiary/aromatic N) is 3. The van der Waals surface area contributed by atoms with Gasteiger partial charge in [0.15, 0.2) is 0 Å². The van der Waals surface area contributed by atoms with Gasteiger partial charge < -0.3 is 5.73 Å². The summed E-state index contributed by atoms with van der Waals surface area (Å²) in [5, 5.41) is 4.34. The molecule has 0 aliphatic heterocycles. The van der Waals surface area contributed by atoms with E-state index in [4.69, 9.17) is 5.73 Å². The number of rotatable bonds is 6. The van der Waals surface area contributed by atoms with Crippen LogP contribution in [0.4, 0.5) is 0 Å². The van der Waals surface area contributed by atoms with Gasteiger partial charge in [0.2, 0.25) is 0 Å². The molecule has 1 aromatic rings. The largest absolute Gasteiger partial charge is 0.330 e. The van der Waals surface area contributed by atoms with Crippen molar-refractivity contribution >= 4 is 0 Å². The molecule has 0 aromatic carbocycles. The summed E-state index contributed by atoms with van der Waals surface area (Å²) in [5.74, 6) is 0. The molecule has 0 amide bonds. The Morgan fingerprint density at radius 1 is 1.53 bits per heavy atom. The fourth-order valence-corrected chi connectivity index (χ4v) is 1.71. The quantitative estimate of drug-likeness (QED) is 0.759. The standard InChI is InChI=1S/C11H22N4/c1-4-15(7-5-6-12)9-11-8-10(2)13-14(11)3/h8H,4-7,9,12H2,1-3H3. The van der Waals surface area contributed by atoms with E-state index < -0.39 is 0 Å². The van der Waals surface area contributed by atoms with Crippen LogP contribution in [0.25, 0.3) is 0 Å². The van der Waals surface area contributed by atoms with Crippen molar-refractivity contribution < 1.29 is 0 Å². The van der Waals surface area contributed by atoms with Gasteiger partial charge in [0.05, 0.1) is 11.4 Å². The number of nitrogens with two attached hydrogens (primary N) is 1. The molecule has 0 spiro atoms. The van der Waals surface area contributed by atoms with Gasteiger partial charge in [-0.2, -0.15) is 5.10 Å². The van der Waals surface area contributed by atoms with Gasteiger partial charge in [-0.05, 0) is 39.0 Å². The van der Waals surface area contributed by atoms with E-state index in [1.807, 2.05) is 18.7 Å². The first kappa shape index (κ1) is 12.2. The van der Waals surface area contributed by atoms with Gasteiger partial charge >= 0.3 is 0 Å². The summed E-state index contributed by atoms with van der Waals surface area (Å²) in [6, 6.07) is 2.14. The molecule has 0 saturated heterocycles. The maximum atomic E-state index is 5.51. The zero-order valence-corrected chi connectivity index (χ0v) is 10.0. The van der Waals surface area contributed by atoms with Crippen molar-refractivity contribution in [2.24, 2.45) is 12.8 Å². The normalized spacial score (nSPS) is 11.3. The van der Waals surface area contributed by atoms with E-state index in [-0.39, 0.29) is 0 Å². The molecular formula is C11H22N4. The van der Waals surface area contributed by atoms with Gasteiger partial charge in [0.1, 0.15) is 0 Å². The summed E-state index contributed by atoms with van der Waals surface area (Å²) in [6.45, 7) is 8.07. The highest BCUT2D eigenvalue weighted by atomic mass is 15.3. The fraction of sp³-hybridized carbons (Fsp3) is 0.727. The molecule has 86 valence electrons. The lowest BCUT2D eigenvalue weighted by Crippen LogP contribution is -2.26. The molecule has 0 saturated carbocycles. The van der Waals surface area contributed by atoms with Crippen LogP contribution in [0.1, 0.15) is 24.7 Å². The van der Waals surface area contributed by atoms with Gasteiger partial charge in [0, 0.05) is 13.6 Å². The predicted molar refractivity (Wildman–Crippen MR) is 62.6 cm³/mol. The maximum Gasteiger partial charge on any atom is 0.0597 e. The first-order valence-corrected chi connectivity index (χ1v) is 5.59. The minimum atomic E-state index is 0.765. The van der Waals surface area contributed by atoms with Crippen LogP contribution >= 0.6 is 0 Å². The molecule has 0 bridgehead atoms. The van der Waals surface area contributed by atoms with Crippen LogP contribution < -0.4 is 5.73 Å². The van der Waals surface area contributed by atoms with Crippen LogP contribution in [-0.2, 0) is 13.6 Å². The first-order chi connectivity index (χ1) is 7.17. The third kappa shape index (κ3) is 3.64. The molecule has 0 aliphatic carbocycles. The van der Waals surface area contributed by atoms with Crippen LogP contribution in [-0.4, -0.2) is 34.3 Å². The van der Waals surface area contributed by atoms with E-state index >= 15 is 0 Å². The summed E-state index contributed by atoms with van der Waals surface area (Å²) in [4.78, 5) is 2.39. The SMILES string of the molecule is CCN(CCCN)Cc1cc(C)nn1C. The Morgan fingerprint density at radius 3 is 2.73 bits per heavy atom. The van der Waals surface area contributed by atoms with Crippen LogP contribution in [0.3, 0.4) is 0 Å². The van der Waals surface area contributed by atoms with Crippen LogP contribution in [0.2, 0.25) is 0 Å². The Bertz CT molecular complexity index is 293. The molecule has 0 unspecified atom stereocenters. The number of aromatic nitrogens is 2. The lowest BCUT2D eigenvalue weighted by Gasteiger charge is -2.19. The molecule has 1 aromatic heterocycles. The van der Waals surface area contributed by atoms with E-state index in [2.05, 4.69) is 23.0 Å². The summed E-state index contributed by atoms with van der Waals surface area (Å²) < 4.78 is 1.96. The van der Waals surface area contributed by atoms with Crippen LogP contribution in [0.5, 0.6) is 0 Å². The minimum absolute atomic E-state index is 0.765. The number of aryl methyl sites for hydroxylation is 2. The maximum absolute atomic E-state index is 5.51. The summed E-state index contributed by atoms with van der Waals surface area (Å²) in [6.07, 6.45) is 1.06. The molecule has 1 rings (SSSR count). The predicted octanol–water partition coefficient (Wildman–Crippen LogP) is 0.899. The highest BCUT2D eigenvalue weighted by molar-refractivity contribution is 5.08. The van der Waals surface area contributed by atoms with Crippen LogP contribution in [0, 0.1) is 6.92 Å². The van der Waals surface area contributed by atoms with E-state index in [0.717, 1.165) is 38.3 Å². The van der Waals surface area contributed by atoms with Gasteiger partial charge in [-0.15, -0.1) is 0 Å². The second-order valence-corrected chi connectivity index (χ2v) is 3.91. The average molecular weight is 210 g/mol. The molecule has 15 heavy (non-hydrogen) atoms. The molecule has 4 nitrogen and oxygen atoms in total. The second-order valence-electron chi connectivity index (χ2n) is 3.91. The fourth-order valence-electron chi connectivity index (χ4n) is 1.71. The molecule has 0 aliphatic rings. The van der Waals surface area contributed by atoms with E-state index in [1.54, 1.807) is 0 Å². The highest BCUT2D eigenvalue weighted by Crippen LogP contribution is 2.06. The topological polar surface area (TPSA) is 47.1 Å². The lowest BCUT2D eigenvalue weighted by atomic mass is 10.3. The minimum Gasteiger partial charge on any atom is -0.330 e. The van der Waals surface area contributed by atoms with E-state index in [0.29, 0.717) is 0 Å². The smallest absolute Gasteiger partial charge is 0.0597 e. The third-order valence-corrected chi connectivity index (χ3v) is 2.61. The van der Waals surface area contributed by atoms with Crippen molar-refractivity contribution in [3.05, 3.63) is 17.5 Å². The monoisotopic (exact) mass is 210 g/mol. The highest BCUT2D eigenvalue weighted by Gasteiger charge is 2.07. The number of hydrogen-bond donors (Lipinski definition) is 1. The number of hydrogen-bond acceptors (Lipinski definition) is 3. The summed E-state index contributed by atoms with van der Waals surface area (Å²) in [7, 11) is 2.00. The Labute approximate surface area is 92.1 Å². The average Bonchev–Trinajstić information content (AvgIpc) is 2.52. The van der Waals surface area contributed by atoms with E-state index in [9.17, 15) is 0 Å². The second kappa shape index (κ2) is 5.88. The molecular weight excluding hydrogens is 188 g/mol. The Balaban J connectivity index is 2.54. The lowest BCUT2D eigenvalue weighted by molar-refractivity contribution is 0.270. The molecule has 2 N–H and O–H groups in total. The zero-order valence-electron chi connectivity index (χ0n) is 10.0. The van der Waals surface area contributed by atoms with Crippen molar-refractivity contribution in [2.75, 3.05) is 19.6 Å². The molecule has 0 atom stereocenters.